The number of hydrogen-bond acceptors (Lipinski definition) is 4. The van der Waals surface area contributed by atoms with Crippen LogP contribution < -0.4 is 0 Å². The second kappa shape index (κ2) is 6.69. The van der Waals surface area contributed by atoms with E-state index in [0.29, 0.717) is 11.4 Å². The van der Waals surface area contributed by atoms with Gasteiger partial charge in [-0.15, -0.1) is 11.3 Å². The molecular weight excluding hydrogens is 355 g/mol. The van der Waals surface area contributed by atoms with Crippen LogP contribution in [-0.4, -0.2) is 21.8 Å². The van der Waals surface area contributed by atoms with Gasteiger partial charge >= 0.3 is 0 Å². The Morgan fingerprint density at radius 2 is 2.04 bits per heavy atom. The Morgan fingerprint density at radius 3 is 2.68 bits per heavy atom. The van der Waals surface area contributed by atoms with Crippen molar-refractivity contribution in [2.45, 2.75) is 32.4 Å². The molecule has 2 aromatic heterocycles. The summed E-state index contributed by atoms with van der Waals surface area (Å²) in [6.45, 7) is 2.40. The number of amides is 1. The Hall–Kier alpha value is -2.05. The zero-order chi connectivity index (χ0) is 17.4. The van der Waals surface area contributed by atoms with Crippen molar-refractivity contribution in [2.24, 2.45) is 0 Å². The zero-order valence-corrected chi connectivity index (χ0v) is 15.4. The maximum atomic E-state index is 13.1. The smallest absolute Gasteiger partial charge is 0.266 e. The van der Waals surface area contributed by atoms with E-state index in [9.17, 15) is 9.18 Å². The Balaban J connectivity index is 1.60. The van der Waals surface area contributed by atoms with Crippen LogP contribution in [0.1, 0.15) is 33.8 Å². The molecule has 4 rings (SSSR count). The van der Waals surface area contributed by atoms with Crippen LogP contribution in [0.3, 0.4) is 0 Å². The molecule has 0 N–H and O–H groups in total. The van der Waals surface area contributed by atoms with Gasteiger partial charge in [0.2, 0.25) is 0 Å². The molecule has 2 heterocycles. The summed E-state index contributed by atoms with van der Waals surface area (Å²) in [5.41, 5.74) is 2.79. The third-order valence-electron chi connectivity index (χ3n) is 4.27. The predicted octanol–water partition coefficient (Wildman–Crippen LogP) is 5.12. The highest BCUT2D eigenvalue weighted by molar-refractivity contribution is 7.17. The number of aryl methyl sites for hydroxylation is 1. The number of halogens is 1. The van der Waals surface area contributed by atoms with Gasteiger partial charge in [0, 0.05) is 23.5 Å². The Bertz CT molecular complexity index is 883. The van der Waals surface area contributed by atoms with Gasteiger partial charge in [0.05, 0.1) is 5.69 Å². The number of aromatic nitrogens is 1. The van der Waals surface area contributed by atoms with Crippen LogP contribution in [0.25, 0.3) is 10.6 Å². The minimum atomic E-state index is -0.258. The maximum absolute atomic E-state index is 13.1. The molecule has 0 bridgehead atoms. The predicted molar refractivity (Wildman–Crippen MR) is 99.5 cm³/mol. The number of rotatable bonds is 5. The van der Waals surface area contributed by atoms with E-state index in [1.807, 2.05) is 28.7 Å². The molecule has 1 fully saturated rings. The standard InChI is InChI=1S/C19H17FN2OS2/c1-12-17(25-18(21-12)14-8-9-24-11-14)19(23)22(16-6-7-16)10-13-2-4-15(20)5-3-13/h2-5,8-9,11,16H,6-7,10H2,1H3. The molecule has 1 aliphatic rings. The fourth-order valence-corrected chi connectivity index (χ4v) is 4.51. The molecule has 0 unspecified atom stereocenters. The van der Waals surface area contributed by atoms with E-state index >= 15 is 0 Å². The molecule has 1 aromatic carbocycles. The summed E-state index contributed by atoms with van der Waals surface area (Å²) < 4.78 is 13.1. The summed E-state index contributed by atoms with van der Waals surface area (Å²) in [6.07, 6.45) is 2.06. The molecule has 6 heteroatoms. The quantitative estimate of drug-likeness (QED) is 0.622. The minimum absolute atomic E-state index is 0.0308. The van der Waals surface area contributed by atoms with E-state index in [0.717, 1.165) is 34.7 Å². The average Bonchev–Trinajstić information content (AvgIpc) is 3.14. The molecule has 0 radical (unpaired) electrons. The molecule has 0 atom stereocenters. The van der Waals surface area contributed by atoms with E-state index in [2.05, 4.69) is 4.98 Å². The number of nitrogens with zero attached hydrogens (tertiary/aromatic N) is 2. The van der Waals surface area contributed by atoms with Crippen molar-refractivity contribution >= 4 is 28.6 Å². The number of carbonyl (C=O) groups is 1. The van der Waals surface area contributed by atoms with Gasteiger partial charge in [0.15, 0.2) is 0 Å². The van der Waals surface area contributed by atoms with Crippen molar-refractivity contribution in [3.8, 4) is 10.6 Å². The minimum Gasteiger partial charge on any atom is -0.331 e. The van der Waals surface area contributed by atoms with E-state index in [-0.39, 0.29) is 17.8 Å². The Kier molecular flexibility index (Phi) is 4.39. The van der Waals surface area contributed by atoms with Crippen LogP contribution in [-0.2, 0) is 6.54 Å². The van der Waals surface area contributed by atoms with Gasteiger partial charge in [-0.2, -0.15) is 11.3 Å². The van der Waals surface area contributed by atoms with Crippen LogP contribution in [0, 0.1) is 12.7 Å². The summed E-state index contributed by atoms with van der Waals surface area (Å²) in [4.78, 5) is 20.3. The lowest BCUT2D eigenvalue weighted by molar-refractivity contribution is 0.0734. The topological polar surface area (TPSA) is 33.2 Å². The first-order valence-electron chi connectivity index (χ1n) is 8.17. The molecule has 1 saturated carbocycles. The first-order valence-corrected chi connectivity index (χ1v) is 9.93. The van der Waals surface area contributed by atoms with Crippen molar-refractivity contribution in [3.05, 3.63) is 63.0 Å². The highest BCUT2D eigenvalue weighted by Crippen LogP contribution is 2.34. The van der Waals surface area contributed by atoms with Crippen molar-refractivity contribution in [1.29, 1.82) is 0 Å². The number of thiophene rings is 1. The van der Waals surface area contributed by atoms with Crippen LogP contribution in [0.4, 0.5) is 4.39 Å². The number of benzene rings is 1. The molecule has 0 aliphatic heterocycles. The van der Waals surface area contributed by atoms with E-state index in [1.165, 1.54) is 23.5 Å². The fourth-order valence-electron chi connectivity index (χ4n) is 2.77. The molecular formula is C19H17FN2OS2. The average molecular weight is 372 g/mol. The first-order chi connectivity index (χ1) is 12.1. The number of thiazole rings is 1. The molecule has 3 aromatic rings. The third-order valence-corrected chi connectivity index (χ3v) is 6.15. The lowest BCUT2D eigenvalue weighted by Crippen LogP contribution is -2.32. The van der Waals surface area contributed by atoms with Crippen LogP contribution in [0.2, 0.25) is 0 Å². The number of hydrogen-bond donors (Lipinski definition) is 0. The van der Waals surface area contributed by atoms with Crippen molar-refractivity contribution in [3.63, 3.8) is 0 Å². The lowest BCUT2D eigenvalue weighted by atomic mass is 10.2. The molecule has 0 spiro atoms. The molecule has 1 amide bonds. The van der Waals surface area contributed by atoms with E-state index < -0.39 is 0 Å². The van der Waals surface area contributed by atoms with Gasteiger partial charge in [0.25, 0.3) is 5.91 Å². The highest BCUT2D eigenvalue weighted by atomic mass is 32.1. The second-order valence-corrected chi connectivity index (χ2v) is 8.02. The number of carbonyl (C=O) groups excluding carboxylic acids is 1. The van der Waals surface area contributed by atoms with Crippen LogP contribution >= 0.6 is 22.7 Å². The lowest BCUT2D eigenvalue weighted by Gasteiger charge is -2.22. The maximum Gasteiger partial charge on any atom is 0.266 e. The van der Waals surface area contributed by atoms with E-state index in [4.69, 9.17) is 0 Å². The molecule has 0 saturated heterocycles. The summed E-state index contributed by atoms with van der Waals surface area (Å²) in [5, 5.41) is 4.95. The third kappa shape index (κ3) is 3.50. The summed E-state index contributed by atoms with van der Waals surface area (Å²) in [7, 11) is 0. The summed E-state index contributed by atoms with van der Waals surface area (Å²) >= 11 is 3.08. The van der Waals surface area contributed by atoms with Gasteiger partial charge in [-0.1, -0.05) is 12.1 Å². The molecule has 25 heavy (non-hydrogen) atoms. The van der Waals surface area contributed by atoms with Crippen LogP contribution in [0.5, 0.6) is 0 Å². The van der Waals surface area contributed by atoms with Crippen molar-refractivity contribution in [2.75, 3.05) is 0 Å². The fraction of sp³-hybridized carbons (Fsp3) is 0.263. The van der Waals surface area contributed by atoms with Gasteiger partial charge in [0.1, 0.15) is 15.7 Å². The molecule has 1 aliphatic carbocycles. The van der Waals surface area contributed by atoms with Crippen molar-refractivity contribution in [1.82, 2.24) is 9.88 Å². The molecule has 128 valence electrons. The van der Waals surface area contributed by atoms with E-state index in [1.54, 1.807) is 23.5 Å². The summed E-state index contributed by atoms with van der Waals surface area (Å²) in [6, 6.07) is 8.68. The normalized spacial score (nSPS) is 13.8. The first kappa shape index (κ1) is 16.4. The highest BCUT2D eigenvalue weighted by Gasteiger charge is 2.34. The second-order valence-electron chi connectivity index (χ2n) is 6.24. The largest absolute Gasteiger partial charge is 0.331 e. The molecule has 3 nitrogen and oxygen atoms in total. The SMILES string of the molecule is Cc1nc(-c2ccsc2)sc1C(=O)N(Cc1ccc(F)cc1)C1CC1. The van der Waals surface area contributed by atoms with Gasteiger partial charge < -0.3 is 4.90 Å². The monoisotopic (exact) mass is 372 g/mol. The van der Waals surface area contributed by atoms with Gasteiger partial charge in [-0.05, 0) is 48.9 Å². The van der Waals surface area contributed by atoms with Gasteiger partial charge in [-0.25, -0.2) is 9.37 Å². The zero-order valence-electron chi connectivity index (χ0n) is 13.7. The Morgan fingerprint density at radius 1 is 1.28 bits per heavy atom. The summed E-state index contributed by atoms with van der Waals surface area (Å²) in [5.74, 6) is -0.227. The van der Waals surface area contributed by atoms with Crippen molar-refractivity contribution < 1.29 is 9.18 Å². The van der Waals surface area contributed by atoms with Crippen LogP contribution in [0.15, 0.2) is 41.1 Å². The van der Waals surface area contributed by atoms with Gasteiger partial charge in [-0.3, -0.25) is 4.79 Å². The Labute approximate surface area is 153 Å².